The molecule has 0 N–H and O–H groups in total. The van der Waals surface area contributed by atoms with E-state index in [0.29, 0.717) is 0 Å². The maximum Gasteiger partial charge on any atom is 0.132 e. The zero-order valence-corrected chi connectivity index (χ0v) is 40.5. The number of fused-ring (bicyclic) bond motifs is 17. The minimum absolute atomic E-state index is 0.110. The zero-order chi connectivity index (χ0) is 47.5. The van der Waals surface area contributed by atoms with Crippen molar-refractivity contribution in [3.63, 3.8) is 0 Å². The molecule has 0 saturated heterocycles. The number of hydrogen-bond acceptors (Lipinski definition) is 3. The van der Waals surface area contributed by atoms with Crippen molar-refractivity contribution in [1.82, 2.24) is 4.57 Å². The van der Waals surface area contributed by atoms with Gasteiger partial charge in [0.2, 0.25) is 0 Å². The van der Waals surface area contributed by atoms with Gasteiger partial charge in [0.05, 0.1) is 22.1 Å². The van der Waals surface area contributed by atoms with Gasteiger partial charge in [-0.25, -0.2) is 0 Å². The summed E-state index contributed by atoms with van der Waals surface area (Å²) in [5.74, 6) is 1.77. The number of ether oxygens (including phenoxy) is 1. The largest absolute Gasteiger partial charge is 0.457 e. The molecule has 0 bridgehead atoms. The van der Waals surface area contributed by atoms with Crippen molar-refractivity contribution in [2.45, 2.75) is 24.7 Å². The minimum Gasteiger partial charge on any atom is -0.457 e. The Bertz CT molecular complexity index is 4440. The van der Waals surface area contributed by atoms with Crippen molar-refractivity contribution < 1.29 is 4.74 Å². The van der Waals surface area contributed by atoms with Crippen molar-refractivity contribution in [3.8, 4) is 39.4 Å². The van der Waals surface area contributed by atoms with Crippen LogP contribution >= 0.6 is 11.3 Å². The van der Waals surface area contributed by atoms with Crippen LogP contribution in [0.15, 0.2) is 231 Å². The summed E-state index contributed by atoms with van der Waals surface area (Å²) in [5.41, 5.74) is 18.8. The Morgan fingerprint density at radius 3 is 1.85 bits per heavy atom. The molecule has 0 saturated carbocycles. The first-order chi connectivity index (χ1) is 35.5. The Kier molecular flexibility index (Phi) is 8.04. The van der Waals surface area contributed by atoms with Crippen LogP contribution in [-0.4, -0.2) is 4.57 Å². The lowest BCUT2D eigenvalue weighted by atomic mass is 9.58. The van der Waals surface area contributed by atoms with Crippen molar-refractivity contribution in [3.05, 3.63) is 264 Å². The van der Waals surface area contributed by atoms with E-state index in [4.69, 9.17) is 4.74 Å². The van der Waals surface area contributed by atoms with Gasteiger partial charge in [-0.3, -0.25) is 0 Å². The Hall–Kier alpha value is -8.70. The van der Waals surface area contributed by atoms with E-state index < -0.39 is 5.41 Å². The molecule has 1 aliphatic heterocycles. The van der Waals surface area contributed by atoms with Crippen molar-refractivity contribution >= 4 is 81.1 Å². The first kappa shape index (κ1) is 40.1. The third-order valence-electron chi connectivity index (χ3n) is 16.4. The number of hydrogen-bond donors (Lipinski definition) is 0. The Labute approximate surface area is 421 Å². The predicted octanol–water partition coefficient (Wildman–Crippen LogP) is 18.5. The SMILES string of the molecule is CC1(C)c2ccccc2-c2c(-n3c4ccccc4c4cc(N(c5ccc6c(c5)C5(c7ccccc7Oc7ccccc75)c5cccc7cccc-6c57)c5ccc6c(c5)sc5ccccc56)ccc43)cccc21. The van der Waals surface area contributed by atoms with Gasteiger partial charge in [0, 0.05) is 70.1 Å². The van der Waals surface area contributed by atoms with E-state index in [0.717, 1.165) is 39.7 Å². The summed E-state index contributed by atoms with van der Waals surface area (Å²) in [5, 5.41) is 7.53. The molecule has 0 radical (unpaired) electrons. The summed E-state index contributed by atoms with van der Waals surface area (Å²) in [7, 11) is 0. The molecule has 3 aliphatic rings. The highest BCUT2D eigenvalue weighted by Crippen LogP contribution is 2.62. The summed E-state index contributed by atoms with van der Waals surface area (Å²) in [6, 6.07) is 86.1. The molecule has 72 heavy (non-hydrogen) atoms. The molecular formula is C68H44N2OS. The van der Waals surface area contributed by atoms with Gasteiger partial charge >= 0.3 is 0 Å². The van der Waals surface area contributed by atoms with Gasteiger partial charge in [-0.05, 0) is 123 Å². The van der Waals surface area contributed by atoms with E-state index >= 15 is 0 Å². The Morgan fingerprint density at radius 1 is 0.403 bits per heavy atom. The van der Waals surface area contributed by atoms with Gasteiger partial charge in [-0.2, -0.15) is 0 Å². The molecule has 0 unspecified atom stereocenters. The average Bonchev–Trinajstić information content (AvgIpc) is 4.04. The second-order valence-corrected chi connectivity index (χ2v) is 21.4. The monoisotopic (exact) mass is 936 g/mol. The van der Waals surface area contributed by atoms with Crippen molar-refractivity contribution in [2.75, 3.05) is 4.90 Å². The van der Waals surface area contributed by atoms with Gasteiger partial charge in [-0.15, -0.1) is 11.3 Å². The molecule has 2 aliphatic carbocycles. The number of para-hydroxylation sites is 3. The fourth-order valence-corrected chi connectivity index (χ4v) is 14.5. The van der Waals surface area contributed by atoms with Crippen LogP contribution in [0.4, 0.5) is 17.1 Å². The summed E-state index contributed by atoms with van der Waals surface area (Å²) in [6.45, 7) is 4.73. The standard InChI is InChI=1S/C68H44N2OS/c1-67(2)52-22-6-3-20-50(52)66-55(67)25-15-28-60(66)70-58-27-9-4-18-46(58)51-38-42(34-37-59(51)70)69(44-33-36-48-47-19-5-12-31-63(47)72-64(48)40-44)43-32-35-45-49-21-13-16-41-17-14-26-56(65(41)49)68(57(45)39-43)53-23-7-10-29-61(53)71-62-30-11-8-24-54(62)68/h3-40H,1-2H3. The topological polar surface area (TPSA) is 17.4 Å². The number of thiophene rings is 1. The van der Waals surface area contributed by atoms with Crippen LogP contribution in [0.25, 0.3) is 80.7 Å². The lowest BCUT2D eigenvalue weighted by Crippen LogP contribution is -2.36. The number of anilines is 3. The number of benzene rings is 11. The molecule has 1 spiro atoms. The van der Waals surface area contributed by atoms with Crippen molar-refractivity contribution in [2.24, 2.45) is 0 Å². The van der Waals surface area contributed by atoms with Crippen LogP contribution in [0.3, 0.4) is 0 Å². The van der Waals surface area contributed by atoms with Gasteiger partial charge in [-0.1, -0.05) is 172 Å². The highest BCUT2D eigenvalue weighted by Gasteiger charge is 2.50. The van der Waals surface area contributed by atoms with E-state index in [-0.39, 0.29) is 5.41 Å². The van der Waals surface area contributed by atoms with Gasteiger partial charge in [0.25, 0.3) is 0 Å². The Balaban J connectivity index is 0.979. The number of nitrogens with zero attached hydrogens (tertiary/aromatic N) is 2. The maximum atomic E-state index is 6.84. The molecule has 3 heterocycles. The second kappa shape index (κ2) is 14.4. The summed E-state index contributed by atoms with van der Waals surface area (Å²) >= 11 is 1.86. The van der Waals surface area contributed by atoms with E-state index in [9.17, 15) is 0 Å². The van der Waals surface area contributed by atoms with E-state index in [1.54, 1.807) is 0 Å². The fraction of sp³-hybridized carbons (Fsp3) is 0.0588. The Morgan fingerprint density at radius 2 is 1.00 bits per heavy atom. The average molecular weight is 937 g/mol. The molecule has 0 amide bonds. The van der Waals surface area contributed by atoms with E-state index in [1.165, 1.54) is 103 Å². The molecule has 0 atom stereocenters. The van der Waals surface area contributed by atoms with Crippen LogP contribution in [0.2, 0.25) is 0 Å². The summed E-state index contributed by atoms with van der Waals surface area (Å²) in [4.78, 5) is 2.50. The first-order valence-corrected chi connectivity index (χ1v) is 25.8. The van der Waals surface area contributed by atoms with Crippen LogP contribution in [-0.2, 0) is 10.8 Å². The molecule has 338 valence electrons. The maximum absolute atomic E-state index is 6.84. The molecule has 13 aromatic rings. The normalized spacial score (nSPS) is 14.3. The van der Waals surface area contributed by atoms with Gasteiger partial charge < -0.3 is 14.2 Å². The lowest BCUT2D eigenvalue weighted by Gasteiger charge is -2.45. The van der Waals surface area contributed by atoms with Crippen LogP contribution < -0.4 is 9.64 Å². The molecular weight excluding hydrogens is 893 g/mol. The minimum atomic E-state index is -0.674. The fourth-order valence-electron chi connectivity index (χ4n) is 13.4. The number of aromatic nitrogens is 1. The highest BCUT2D eigenvalue weighted by molar-refractivity contribution is 7.25. The van der Waals surface area contributed by atoms with Crippen LogP contribution in [0.5, 0.6) is 11.5 Å². The third kappa shape index (κ3) is 5.19. The van der Waals surface area contributed by atoms with Crippen molar-refractivity contribution in [1.29, 1.82) is 0 Å². The first-order valence-electron chi connectivity index (χ1n) is 25.0. The second-order valence-electron chi connectivity index (χ2n) is 20.3. The van der Waals surface area contributed by atoms with Crippen LogP contribution in [0, 0.1) is 0 Å². The van der Waals surface area contributed by atoms with E-state index in [1.807, 2.05) is 11.3 Å². The predicted molar refractivity (Wildman–Crippen MR) is 301 cm³/mol. The molecule has 16 rings (SSSR count). The zero-order valence-electron chi connectivity index (χ0n) is 39.7. The van der Waals surface area contributed by atoms with Gasteiger partial charge in [0.1, 0.15) is 11.5 Å². The van der Waals surface area contributed by atoms with Crippen LogP contribution in [0.1, 0.15) is 47.2 Å². The lowest BCUT2D eigenvalue weighted by molar-refractivity contribution is 0.435. The molecule has 11 aromatic carbocycles. The molecule has 3 nitrogen and oxygen atoms in total. The summed E-state index contributed by atoms with van der Waals surface area (Å²) < 4.78 is 11.9. The molecule has 0 fully saturated rings. The van der Waals surface area contributed by atoms with Gasteiger partial charge in [0.15, 0.2) is 0 Å². The van der Waals surface area contributed by atoms with E-state index in [2.05, 4.69) is 254 Å². The quantitative estimate of drug-likeness (QED) is 0.175. The highest BCUT2D eigenvalue weighted by atomic mass is 32.1. The third-order valence-corrected chi connectivity index (χ3v) is 17.6. The smallest absolute Gasteiger partial charge is 0.132 e. The summed E-state index contributed by atoms with van der Waals surface area (Å²) in [6.07, 6.45) is 0. The molecule has 2 aromatic heterocycles. The number of rotatable bonds is 4. The molecule has 4 heteroatoms.